The van der Waals surface area contributed by atoms with E-state index in [0.29, 0.717) is 22.7 Å². The van der Waals surface area contributed by atoms with Crippen LogP contribution >= 0.6 is 12.2 Å². The van der Waals surface area contributed by atoms with E-state index in [-0.39, 0.29) is 44.2 Å². The van der Waals surface area contributed by atoms with Crippen LogP contribution in [0.3, 0.4) is 0 Å². The Morgan fingerprint density at radius 3 is 2.28 bits per heavy atom. The van der Waals surface area contributed by atoms with E-state index in [2.05, 4.69) is 4.98 Å². The number of fused-ring (bicyclic) bond motifs is 1. The van der Waals surface area contributed by atoms with E-state index in [1.165, 1.54) is 13.0 Å². The number of ether oxygens (including phenoxy) is 1. The molecule has 2 unspecified atom stereocenters. The highest BCUT2D eigenvalue weighted by atomic mass is 32.1. The molecule has 0 aliphatic heterocycles. The molecule has 8 heteroatoms. The van der Waals surface area contributed by atoms with Crippen LogP contribution in [-0.4, -0.2) is 28.4 Å². The molecule has 0 bridgehead atoms. The molecule has 0 radical (unpaired) electrons. The van der Waals surface area contributed by atoms with Gasteiger partial charge in [0.15, 0.2) is 5.58 Å². The lowest BCUT2D eigenvalue weighted by molar-refractivity contribution is -0.144. The van der Waals surface area contributed by atoms with Gasteiger partial charge in [-0.25, -0.2) is 0 Å². The second kappa shape index (κ2) is 12.7. The van der Waals surface area contributed by atoms with E-state index in [1.54, 1.807) is 32.9 Å². The summed E-state index contributed by atoms with van der Waals surface area (Å²) in [7, 11) is 0. The van der Waals surface area contributed by atoms with Crippen LogP contribution in [0.4, 0.5) is 5.69 Å². The molecule has 2 atom stereocenters. The number of phenols is 1. The van der Waals surface area contributed by atoms with Crippen molar-refractivity contribution in [3.8, 4) is 5.75 Å². The molecule has 176 valence electrons. The van der Waals surface area contributed by atoms with Crippen molar-refractivity contribution in [2.45, 2.75) is 54.4 Å². The van der Waals surface area contributed by atoms with E-state index in [4.69, 9.17) is 27.1 Å². The number of ketones is 1. The number of phenolic OH excluding ortho intramolecular Hbond substituents is 1. The minimum absolute atomic E-state index is 0. The number of carbonyl (C=O) groups is 2. The average Bonchev–Trinajstić information content (AvgIpc) is 3.08. The van der Waals surface area contributed by atoms with Crippen molar-refractivity contribution < 1.29 is 23.8 Å². The van der Waals surface area contributed by atoms with Crippen LogP contribution in [0.2, 0.25) is 0 Å². The Labute approximate surface area is 194 Å². The summed E-state index contributed by atoms with van der Waals surface area (Å²) in [6.07, 6.45) is 0. The third-order valence-corrected chi connectivity index (χ3v) is 4.93. The monoisotopic (exact) mass is 462 g/mol. The Hall–Kier alpha value is -3.13. The zero-order valence-electron chi connectivity index (χ0n) is 17.4. The zero-order valence-corrected chi connectivity index (χ0v) is 18.2. The summed E-state index contributed by atoms with van der Waals surface area (Å²) < 4.78 is 10.3. The predicted octanol–water partition coefficient (Wildman–Crippen LogP) is 6.10. The maximum absolute atomic E-state index is 11.6. The fourth-order valence-electron chi connectivity index (χ4n) is 2.70. The molecule has 0 aliphatic rings. The number of aromatic amines is 1. The first-order chi connectivity index (χ1) is 14.1. The van der Waals surface area contributed by atoms with Crippen molar-refractivity contribution in [3.63, 3.8) is 0 Å². The number of nitrogens with two attached hydrogens (primary N) is 1. The largest absolute Gasteiger partial charge is 0.506 e. The van der Waals surface area contributed by atoms with Crippen LogP contribution in [0, 0.1) is 4.84 Å². The van der Waals surface area contributed by atoms with Gasteiger partial charge in [-0.3, -0.25) is 9.59 Å². The molecule has 0 spiro atoms. The third-order valence-electron chi connectivity index (χ3n) is 4.75. The average molecular weight is 463 g/mol. The number of oxazole rings is 1. The molecule has 3 aromatic rings. The van der Waals surface area contributed by atoms with Crippen molar-refractivity contribution in [2.24, 2.45) is 0 Å². The number of hydrogen-bond acceptors (Lipinski definition) is 7. The summed E-state index contributed by atoms with van der Waals surface area (Å²) >= 11 is 4.90. The number of rotatable bonds is 5. The maximum Gasteiger partial charge on any atom is 0.313 e. The molecule has 3 rings (SSSR count). The van der Waals surface area contributed by atoms with Crippen molar-refractivity contribution in [1.29, 1.82) is 0 Å². The molecule has 0 saturated heterocycles. The van der Waals surface area contributed by atoms with Crippen LogP contribution in [0.15, 0.2) is 40.8 Å². The number of aromatic nitrogens is 1. The molecule has 32 heavy (non-hydrogen) atoms. The quantitative estimate of drug-likeness (QED) is 0.181. The lowest BCUT2D eigenvalue weighted by Crippen LogP contribution is -2.12. The maximum atomic E-state index is 11.6. The molecule has 4 N–H and O–H groups in total. The van der Waals surface area contributed by atoms with Crippen molar-refractivity contribution in [1.82, 2.24) is 4.98 Å². The Kier molecular flexibility index (Phi) is 11.4. The Morgan fingerprint density at radius 1 is 1.12 bits per heavy atom. The molecular formula is C24H34N2O5S. The van der Waals surface area contributed by atoms with Crippen LogP contribution in [0.1, 0.15) is 65.5 Å². The minimum Gasteiger partial charge on any atom is -0.506 e. The van der Waals surface area contributed by atoms with Crippen LogP contribution in [0.25, 0.3) is 11.1 Å². The van der Waals surface area contributed by atoms with Gasteiger partial charge in [-0.1, -0.05) is 33.9 Å². The van der Waals surface area contributed by atoms with E-state index < -0.39 is 0 Å². The van der Waals surface area contributed by atoms with Gasteiger partial charge in [0.2, 0.25) is 0 Å². The van der Waals surface area contributed by atoms with Crippen LogP contribution < -0.4 is 5.73 Å². The van der Waals surface area contributed by atoms with Crippen molar-refractivity contribution in [2.75, 3.05) is 12.3 Å². The van der Waals surface area contributed by atoms with Gasteiger partial charge >= 0.3 is 5.97 Å². The minimum atomic E-state index is -0.307. The number of benzene rings is 2. The number of nitrogens with one attached hydrogen (secondary N) is 1. The number of Topliss-reactive ketones (excluding diaryl/α,β-unsaturated/α-hetero) is 1. The number of carbonyl (C=O) groups excluding carboxylic acids is 2. The molecule has 7 nitrogen and oxygen atoms in total. The highest BCUT2D eigenvalue weighted by molar-refractivity contribution is 7.71. The predicted molar refractivity (Wildman–Crippen MR) is 132 cm³/mol. The second-order valence-corrected chi connectivity index (χ2v) is 7.27. The van der Waals surface area contributed by atoms with Gasteiger partial charge in [-0.15, -0.1) is 0 Å². The molecule has 2 aromatic carbocycles. The highest BCUT2D eigenvalue weighted by Crippen LogP contribution is 2.26. The number of H-pyrrole nitrogens is 1. The Morgan fingerprint density at radius 2 is 1.72 bits per heavy atom. The van der Waals surface area contributed by atoms with Crippen molar-refractivity contribution >= 4 is 40.8 Å². The number of hydrogen-bond donors (Lipinski definition) is 3. The first-order valence-corrected chi connectivity index (χ1v) is 9.93. The van der Waals surface area contributed by atoms with Crippen LogP contribution in [-0.2, 0) is 14.3 Å². The van der Waals surface area contributed by atoms with Gasteiger partial charge in [-0.05, 0) is 68.4 Å². The van der Waals surface area contributed by atoms with Gasteiger partial charge in [-0.2, -0.15) is 0 Å². The van der Waals surface area contributed by atoms with E-state index >= 15 is 0 Å². The standard InChI is InChI=1S/C12H13NO3S.C10H13NO2.2CH4/c1-3-15-11(14)7(2)8-4-5-9-10(6-8)16-12(17)13-9;1-6(7(2)12)8-3-4-9(11)10(13)5-8;;/h4-7H,3H2,1-2H3,(H,13,17);3-6,13H,11H2,1-2H3;2*1H4. The SMILES string of the molecule is C.C.CC(=O)C(C)c1ccc(N)c(O)c1.CCOC(=O)C(C)c1ccc2[nH]c(=S)oc2c1. The van der Waals surface area contributed by atoms with Gasteiger partial charge in [0.05, 0.1) is 23.7 Å². The van der Waals surface area contributed by atoms with Crippen molar-refractivity contribution in [3.05, 3.63) is 52.4 Å². The fourth-order valence-corrected chi connectivity index (χ4v) is 2.90. The van der Waals surface area contributed by atoms with Crippen LogP contribution in [0.5, 0.6) is 5.75 Å². The van der Waals surface area contributed by atoms with E-state index in [9.17, 15) is 14.7 Å². The molecule has 0 amide bonds. The second-order valence-electron chi connectivity index (χ2n) is 6.89. The zero-order chi connectivity index (χ0) is 22.4. The van der Waals surface area contributed by atoms with Gasteiger partial charge in [0, 0.05) is 5.92 Å². The summed E-state index contributed by atoms with van der Waals surface area (Å²) in [6, 6.07) is 10.4. The van der Waals surface area contributed by atoms with Gasteiger partial charge < -0.3 is 25.0 Å². The summed E-state index contributed by atoms with van der Waals surface area (Å²) in [4.78, 5) is 25.9. The smallest absolute Gasteiger partial charge is 0.313 e. The van der Waals surface area contributed by atoms with Gasteiger partial charge in [0.25, 0.3) is 4.84 Å². The topological polar surface area (TPSA) is 119 Å². The normalized spacial score (nSPS) is 11.8. The number of anilines is 1. The lowest BCUT2D eigenvalue weighted by Gasteiger charge is -2.10. The Balaban J connectivity index is 0.000000584. The Bertz CT molecular complexity index is 1100. The lowest BCUT2D eigenvalue weighted by atomic mass is 9.97. The third kappa shape index (κ3) is 7.23. The molecule has 0 aliphatic carbocycles. The summed E-state index contributed by atoms with van der Waals surface area (Å²) in [6.45, 7) is 7.31. The van der Waals surface area contributed by atoms with E-state index in [0.717, 1.165) is 16.6 Å². The molecule has 1 aromatic heterocycles. The molecular weight excluding hydrogens is 428 g/mol. The number of aromatic hydroxyl groups is 1. The van der Waals surface area contributed by atoms with E-state index in [1.807, 2.05) is 18.2 Å². The molecule has 1 heterocycles. The number of esters is 1. The fraction of sp³-hybridized carbons (Fsp3) is 0.375. The first-order valence-electron chi connectivity index (χ1n) is 9.52. The molecule has 0 fully saturated rings. The number of nitrogen functional groups attached to an aromatic ring is 1. The molecule has 0 saturated carbocycles. The van der Waals surface area contributed by atoms with Gasteiger partial charge in [0.1, 0.15) is 11.5 Å². The summed E-state index contributed by atoms with van der Waals surface area (Å²) in [5.41, 5.74) is 8.89. The summed E-state index contributed by atoms with van der Waals surface area (Å²) in [5, 5.41) is 9.29. The highest BCUT2D eigenvalue weighted by Gasteiger charge is 2.17. The summed E-state index contributed by atoms with van der Waals surface area (Å²) in [5.74, 6) is -0.625. The first kappa shape index (κ1) is 28.9.